The molecule has 0 aliphatic carbocycles. The van der Waals surface area contributed by atoms with Gasteiger partial charge in [-0.3, -0.25) is 0 Å². The van der Waals surface area contributed by atoms with Crippen LogP contribution in [0.4, 0.5) is 0 Å². The Labute approximate surface area is 87.1 Å². The van der Waals surface area contributed by atoms with E-state index in [9.17, 15) is 0 Å². The zero-order chi connectivity index (χ0) is 10.2. The minimum absolute atomic E-state index is 0.584. The number of benzene rings is 1. The molecule has 0 fully saturated rings. The van der Waals surface area contributed by atoms with E-state index in [1.54, 1.807) is 0 Å². The summed E-state index contributed by atoms with van der Waals surface area (Å²) in [6.45, 7) is 6.38. The summed E-state index contributed by atoms with van der Waals surface area (Å²) in [6.07, 6.45) is 3.58. The maximum absolute atomic E-state index is 5.59. The Bertz CT molecular complexity index is 230. The lowest BCUT2D eigenvalue weighted by Crippen LogP contribution is -2.04. The number of ether oxygens (including phenoxy) is 1. The van der Waals surface area contributed by atoms with Crippen molar-refractivity contribution in [1.29, 1.82) is 0 Å². The van der Waals surface area contributed by atoms with Gasteiger partial charge < -0.3 is 4.74 Å². The highest BCUT2D eigenvalue weighted by Gasteiger charge is 2.06. The molecular weight excluding hydrogens is 172 g/mol. The molecule has 0 heterocycles. The second-order valence-corrected chi connectivity index (χ2v) is 3.52. The van der Waals surface area contributed by atoms with Crippen molar-refractivity contribution in [3.8, 4) is 5.75 Å². The van der Waals surface area contributed by atoms with Crippen molar-refractivity contribution in [1.82, 2.24) is 0 Å². The zero-order valence-corrected chi connectivity index (χ0v) is 9.07. The van der Waals surface area contributed by atoms with E-state index < -0.39 is 0 Å². The van der Waals surface area contributed by atoms with Crippen molar-refractivity contribution >= 4 is 0 Å². The van der Waals surface area contributed by atoms with Gasteiger partial charge in [0.25, 0.3) is 0 Å². The van der Waals surface area contributed by atoms with Gasteiger partial charge in [-0.1, -0.05) is 38.5 Å². The molecule has 0 N–H and O–H groups in total. The average Bonchev–Trinajstić information content (AvgIpc) is 2.25. The van der Waals surface area contributed by atoms with Crippen LogP contribution in [0.25, 0.3) is 0 Å². The van der Waals surface area contributed by atoms with Crippen LogP contribution in [0.1, 0.15) is 33.1 Å². The Morgan fingerprint density at radius 1 is 1.21 bits per heavy atom. The molecule has 0 saturated heterocycles. The monoisotopic (exact) mass is 191 g/mol. The third kappa shape index (κ3) is 3.82. The van der Waals surface area contributed by atoms with Crippen LogP contribution < -0.4 is 4.74 Å². The van der Waals surface area contributed by atoms with Crippen molar-refractivity contribution in [2.45, 2.75) is 33.1 Å². The van der Waals surface area contributed by atoms with E-state index in [1.165, 1.54) is 12.8 Å². The Morgan fingerprint density at radius 2 is 1.93 bits per heavy atom. The van der Waals surface area contributed by atoms with Crippen LogP contribution in [0, 0.1) is 12.5 Å². The minimum atomic E-state index is 0.584. The van der Waals surface area contributed by atoms with Crippen molar-refractivity contribution in [3.05, 3.63) is 36.9 Å². The van der Waals surface area contributed by atoms with Crippen molar-refractivity contribution < 1.29 is 4.74 Å². The summed E-state index contributed by atoms with van der Waals surface area (Å²) in [5, 5.41) is 0. The van der Waals surface area contributed by atoms with Crippen LogP contribution >= 0.6 is 0 Å². The normalized spacial score (nSPS) is 12.4. The van der Waals surface area contributed by atoms with Crippen molar-refractivity contribution in [3.63, 3.8) is 0 Å². The molecule has 1 rings (SSSR count). The van der Waals surface area contributed by atoms with Gasteiger partial charge in [0.05, 0.1) is 0 Å². The average molecular weight is 191 g/mol. The molecule has 0 saturated carbocycles. The van der Waals surface area contributed by atoms with Gasteiger partial charge in [0.1, 0.15) is 12.4 Å². The molecule has 1 radical (unpaired) electrons. The van der Waals surface area contributed by atoms with E-state index in [-0.39, 0.29) is 0 Å². The van der Waals surface area contributed by atoms with Gasteiger partial charge >= 0.3 is 0 Å². The largest absolute Gasteiger partial charge is 0.486 e. The van der Waals surface area contributed by atoms with E-state index in [2.05, 4.69) is 13.8 Å². The molecule has 0 aliphatic rings. The summed E-state index contributed by atoms with van der Waals surface area (Å²) in [5.74, 6) is 1.52. The van der Waals surface area contributed by atoms with E-state index in [4.69, 9.17) is 4.74 Å². The molecule has 14 heavy (non-hydrogen) atoms. The van der Waals surface area contributed by atoms with Crippen LogP contribution in [0.2, 0.25) is 0 Å². The van der Waals surface area contributed by atoms with Crippen LogP contribution in [-0.4, -0.2) is 0 Å². The maximum Gasteiger partial charge on any atom is 0.138 e. The Hall–Kier alpha value is -0.980. The highest BCUT2D eigenvalue weighted by atomic mass is 16.5. The van der Waals surface area contributed by atoms with Gasteiger partial charge in [-0.25, -0.2) is 0 Å². The summed E-state index contributed by atoms with van der Waals surface area (Å²) in [4.78, 5) is 0. The zero-order valence-electron chi connectivity index (χ0n) is 9.07. The summed E-state index contributed by atoms with van der Waals surface area (Å²) in [5.41, 5.74) is 0. The quantitative estimate of drug-likeness (QED) is 0.659. The van der Waals surface area contributed by atoms with Gasteiger partial charge in [0, 0.05) is 0 Å². The molecule has 0 aromatic heterocycles. The fourth-order valence-corrected chi connectivity index (χ4v) is 1.41. The maximum atomic E-state index is 5.59. The summed E-state index contributed by atoms with van der Waals surface area (Å²) < 4.78 is 5.59. The molecule has 1 aromatic carbocycles. The minimum Gasteiger partial charge on any atom is -0.486 e. The molecule has 0 aliphatic heterocycles. The van der Waals surface area contributed by atoms with Crippen LogP contribution in [0.15, 0.2) is 30.3 Å². The summed E-state index contributed by atoms with van der Waals surface area (Å²) >= 11 is 0. The first-order valence-electron chi connectivity index (χ1n) is 5.41. The van der Waals surface area contributed by atoms with Crippen LogP contribution in [0.3, 0.4) is 0 Å². The third-order valence-corrected chi connectivity index (χ3v) is 2.32. The Balaban J connectivity index is 2.32. The Kier molecular flexibility index (Phi) is 5.13. The van der Waals surface area contributed by atoms with Gasteiger partial charge in [-0.15, -0.1) is 0 Å². The van der Waals surface area contributed by atoms with Gasteiger partial charge in [0.15, 0.2) is 0 Å². The topological polar surface area (TPSA) is 9.23 Å². The second kappa shape index (κ2) is 6.47. The van der Waals surface area contributed by atoms with Crippen molar-refractivity contribution in [2.75, 3.05) is 0 Å². The molecule has 1 heteroatoms. The first-order valence-corrected chi connectivity index (χ1v) is 5.41. The Morgan fingerprint density at radius 3 is 2.50 bits per heavy atom. The molecule has 1 unspecified atom stereocenters. The van der Waals surface area contributed by atoms with Crippen LogP contribution in [-0.2, 0) is 0 Å². The lowest BCUT2D eigenvalue weighted by atomic mass is 10.0. The predicted octanol–water partition coefficient (Wildman–Crippen LogP) is 4.05. The van der Waals surface area contributed by atoms with Gasteiger partial charge in [-0.2, -0.15) is 0 Å². The van der Waals surface area contributed by atoms with Crippen LogP contribution in [0.5, 0.6) is 5.75 Å². The number of rotatable bonds is 6. The molecule has 77 valence electrons. The fraction of sp³-hybridized carbons (Fsp3) is 0.462. The first-order chi connectivity index (χ1) is 6.86. The molecule has 0 bridgehead atoms. The van der Waals surface area contributed by atoms with E-state index in [0.29, 0.717) is 5.92 Å². The fourth-order valence-electron chi connectivity index (χ4n) is 1.41. The highest BCUT2D eigenvalue weighted by molar-refractivity contribution is 5.21. The molecule has 1 aromatic rings. The number of hydrogen-bond donors (Lipinski definition) is 0. The summed E-state index contributed by atoms with van der Waals surface area (Å²) in [7, 11) is 0. The van der Waals surface area contributed by atoms with E-state index >= 15 is 0 Å². The first kappa shape index (κ1) is 11.1. The molecule has 1 atom stereocenters. The van der Waals surface area contributed by atoms with Gasteiger partial charge in [-0.05, 0) is 30.9 Å². The lowest BCUT2D eigenvalue weighted by molar-refractivity contribution is 0.314. The second-order valence-electron chi connectivity index (χ2n) is 3.52. The lowest BCUT2D eigenvalue weighted by Gasteiger charge is -2.13. The number of hydrogen-bond acceptors (Lipinski definition) is 1. The molecular formula is C13H19O. The highest BCUT2D eigenvalue weighted by Crippen LogP contribution is 2.18. The SMILES string of the molecule is CCCC([CH]Oc1ccccc1)CC. The van der Waals surface area contributed by atoms with E-state index in [1.807, 2.05) is 36.9 Å². The molecule has 0 spiro atoms. The van der Waals surface area contributed by atoms with Gasteiger partial charge in [0.2, 0.25) is 0 Å². The smallest absolute Gasteiger partial charge is 0.138 e. The summed E-state index contributed by atoms with van der Waals surface area (Å²) in [6, 6.07) is 9.94. The van der Waals surface area contributed by atoms with E-state index in [0.717, 1.165) is 12.2 Å². The third-order valence-electron chi connectivity index (χ3n) is 2.32. The standard InChI is InChI=1S/C13H19O/c1-3-8-12(4-2)11-14-13-9-6-5-7-10-13/h5-7,9-12H,3-4,8H2,1-2H3. The number of para-hydroxylation sites is 1. The van der Waals surface area contributed by atoms with Crippen molar-refractivity contribution in [2.24, 2.45) is 5.92 Å². The predicted molar refractivity (Wildman–Crippen MR) is 60.1 cm³/mol. The molecule has 0 amide bonds. The molecule has 1 nitrogen and oxygen atoms in total.